The van der Waals surface area contributed by atoms with Gasteiger partial charge in [0.05, 0.1) is 10.6 Å². The number of aryl methyl sites for hydroxylation is 1. The average molecular weight is 472 g/mol. The van der Waals surface area contributed by atoms with Gasteiger partial charge in [0.25, 0.3) is 10.0 Å². The van der Waals surface area contributed by atoms with E-state index in [0.29, 0.717) is 22.1 Å². The quantitative estimate of drug-likeness (QED) is 0.532. The Morgan fingerprint density at radius 3 is 1.91 bits per heavy atom. The number of rotatable bonds is 7. The highest BCUT2D eigenvalue weighted by Crippen LogP contribution is 2.25. The lowest BCUT2D eigenvalue weighted by Gasteiger charge is -2.24. The van der Waals surface area contributed by atoms with Crippen LogP contribution in [0.2, 0.25) is 5.02 Å². The Balaban J connectivity index is 1.85. The van der Waals surface area contributed by atoms with Crippen molar-refractivity contribution in [3.63, 3.8) is 0 Å². The van der Waals surface area contributed by atoms with Crippen LogP contribution in [0.3, 0.4) is 0 Å². The smallest absolute Gasteiger partial charge is 0.264 e. The minimum Gasteiger partial charge on any atom is -0.326 e. The number of amides is 2. The molecule has 0 radical (unpaired) electrons. The third kappa shape index (κ3) is 5.87. The zero-order chi connectivity index (χ0) is 23.3. The second-order valence-electron chi connectivity index (χ2n) is 7.11. The maximum Gasteiger partial charge on any atom is 0.264 e. The van der Waals surface area contributed by atoms with Crippen molar-refractivity contribution in [3.05, 3.63) is 83.4 Å². The van der Waals surface area contributed by atoms with E-state index < -0.39 is 22.5 Å². The van der Waals surface area contributed by atoms with E-state index in [9.17, 15) is 18.0 Å². The molecule has 0 bridgehead atoms. The number of carbonyl (C=O) groups excluding carboxylic acids is 2. The second-order valence-corrected chi connectivity index (χ2v) is 9.41. The molecule has 0 atom stereocenters. The molecule has 3 aromatic carbocycles. The molecule has 7 nitrogen and oxygen atoms in total. The lowest BCUT2D eigenvalue weighted by atomic mass is 10.2. The first-order chi connectivity index (χ1) is 15.1. The van der Waals surface area contributed by atoms with Gasteiger partial charge in [-0.05, 0) is 67.6 Å². The Labute approximate surface area is 192 Å². The maximum atomic E-state index is 13.3. The van der Waals surface area contributed by atoms with Crippen molar-refractivity contribution in [1.82, 2.24) is 0 Å². The lowest BCUT2D eigenvalue weighted by molar-refractivity contribution is -0.115. The molecule has 0 unspecified atom stereocenters. The standard InChI is InChI=1S/C23H22ClN3O4S/c1-16-3-13-22(14-4-16)32(30,31)27(21-11-5-18(24)6-12-21)15-23(29)26-20-9-7-19(8-10-20)25-17(2)28/h3-14H,15H2,1-2H3,(H,25,28)(H,26,29). The van der Waals surface area contributed by atoms with Crippen molar-refractivity contribution in [2.24, 2.45) is 0 Å². The molecule has 3 rings (SSSR count). The minimum absolute atomic E-state index is 0.0745. The first kappa shape index (κ1) is 23.3. The first-order valence-electron chi connectivity index (χ1n) is 9.67. The first-order valence-corrected chi connectivity index (χ1v) is 11.5. The van der Waals surface area contributed by atoms with E-state index in [1.165, 1.54) is 19.1 Å². The monoisotopic (exact) mass is 471 g/mol. The molecule has 2 N–H and O–H groups in total. The molecule has 0 aromatic heterocycles. The number of halogens is 1. The van der Waals surface area contributed by atoms with Crippen molar-refractivity contribution >= 4 is 50.5 Å². The van der Waals surface area contributed by atoms with Gasteiger partial charge in [0, 0.05) is 23.3 Å². The van der Waals surface area contributed by atoms with Gasteiger partial charge in [0.15, 0.2) is 0 Å². The Hall–Kier alpha value is -3.36. The largest absolute Gasteiger partial charge is 0.326 e. The Morgan fingerprint density at radius 1 is 0.844 bits per heavy atom. The molecule has 9 heteroatoms. The van der Waals surface area contributed by atoms with Gasteiger partial charge in [-0.3, -0.25) is 13.9 Å². The number of nitrogens with one attached hydrogen (secondary N) is 2. The molecule has 3 aromatic rings. The van der Waals surface area contributed by atoms with Gasteiger partial charge in [-0.25, -0.2) is 8.42 Å². The van der Waals surface area contributed by atoms with E-state index >= 15 is 0 Å². The van der Waals surface area contributed by atoms with E-state index in [2.05, 4.69) is 10.6 Å². The highest BCUT2D eigenvalue weighted by atomic mass is 35.5. The summed E-state index contributed by atoms with van der Waals surface area (Å²) < 4.78 is 27.7. The van der Waals surface area contributed by atoms with Gasteiger partial charge < -0.3 is 10.6 Å². The van der Waals surface area contributed by atoms with Crippen molar-refractivity contribution in [2.75, 3.05) is 21.5 Å². The molecular weight excluding hydrogens is 450 g/mol. The number of anilines is 3. The summed E-state index contributed by atoms with van der Waals surface area (Å²) in [5.41, 5.74) is 2.28. The highest BCUT2D eigenvalue weighted by Gasteiger charge is 2.27. The van der Waals surface area contributed by atoms with Gasteiger partial charge in [-0.2, -0.15) is 0 Å². The fraction of sp³-hybridized carbons (Fsp3) is 0.130. The van der Waals surface area contributed by atoms with Crippen LogP contribution in [-0.4, -0.2) is 26.8 Å². The summed E-state index contributed by atoms with van der Waals surface area (Å²) in [6, 6.07) is 19.1. The molecule has 0 aliphatic rings. The number of benzene rings is 3. The van der Waals surface area contributed by atoms with Crippen LogP contribution in [0.15, 0.2) is 77.7 Å². The van der Waals surface area contributed by atoms with Gasteiger partial charge in [-0.15, -0.1) is 0 Å². The van der Waals surface area contributed by atoms with Gasteiger partial charge in [-0.1, -0.05) is 29.3 Å². The molecule has 0 aliphatic heterocycles. The lowest BCUT2D eigenvalue weighted by Crippen LogP contribution is -2.38. The van der Waals surface area contributed by atoms with Crippen LogP contribution in [0.25, 0.3) is 0 Å². The van der Waals surface area contributed by atoms with Gasteiger partial charge >= 0.3 is 0 Å². The normalized spacial score (nSPS) is 11.0. The molecule has 0 aliphatic carbocycles. The number of sulfonamides is 1. The number of hydrogen-bond donors (Lipinski definition) is 2. The molecule has 0 heterocycles. The summed E-state index contributed by atoms with van der Waals surface area (Å²) in [7, 11) is -4.01. The molecule has 0 saturated heterocycles. The molecule has 2 amide bonds. The Kier molecular flexibility index (Phi) is 7.17. The van der Waals surface area contributed by atoms with E-state index in [4.69, 9.17) is 11.6 Å². The Bertz CT molecular complexity index is 1210. The predicted molar refractivity (Wildman–Crippen MR) is 127 cm³/mol. The molecule has 0 spiro atoms. The summed E-state index contributed by atoms with van der Waals surface area (Å²) in [6.07, 6.45) is 0. The van der Waals surface area contributed by atoms with E-state index in [1.807, 2.05) is 6.92 Å². The van der Waals surface area contributed by atoms with Crippen molar-refractivity contribution in [3.8, 4) is 0 Å². The second kappa shape index (κ2) is 9.84. The van der Waals surface area contributed by atoms with E-state index in [0.717, 1.165) is 9.87 Å². The van der Waals surface area contributed by atoms with Crippen LogP contribution in [0, 0.1) is 6.92 Å². The molecule has 166 valence electrons. The van der Waals surface area contributed by atoms with Crippen molar-refractivity contribution < 1.29 is 18.0 Å². The summed E-state index contributed by atoms with van der Waals surface area (Å²) in [4.78, 5) is 24.0. The highest BCUT2D eigenvalue weighted by molar-refractivity contribution is 7.92. The van der Waals surface area contributed by atoms with Crippen LogP contribution >= 0.6 is 11.6 Å². The zero-order valence-corrected chi connectivity index (χ0v) is 19.1. The third-order valence-corrected chi connectivity index (χ3v) is 6.54. The van der Waals surface area contributed by atoms with Crippen LogP contribution in [-0.2, 0) is 19.6 Å². The van der Waals surface area contributed by atoms with Crippen LogP contribution in [0.4, 0.5) is 17.1 Å². The Morgan fingerprint density at radius 2 is 1.38 bits per heavy atom. The summed E-state index contributed by atoms with van der Waals surface area (Å²) in [6.45, 7) is 2.82. The zero-order valence-electron chi connectivity index (χ0n) is 17.5. The predicted octanol–water partition coefficient (Wildman–Crippen LogP) is 4.44. The third-order valence-electron chi connectivity index (χ3n) is 4.50. The number of carbonyl (C=O) groups is 2. The van der Waals surface area contributed by atoms with Crippen molar-refractivity contribution in [2.45, 2.75) is 18.7 Å². The summed E-state index contributed by atoms with van der Waals surface area (Å²) in [5.74, 6) is -0.732. The molecule has 0 fully saturated rings. The van der Waals surface area contributed by atoms with E-state index in [1.54, 1.807) is 60.7 Å². The number of nitrogens with zero attached hydrogens (tertiary/aromatic N) is 1. The van der Waals surface area contributed by atoms with Crippen molar-refractivity contribution in [1.29, 1.82) is 0 Å². The summed E-state index contributed by atoms with van der Waals surface area (Å²) in [5, 5.41) is 5.77. The SMILES string of the molecule is CC(=O)Nc1ccc(NC(=O)CN(c2ccc(Cl)cc2)S(=O)(=O)c2ccc(C)cc2)cc1. The van der Waals surface area contributed by atoms with Crippen LogP contribution in [0.5, 0.6) is 0 Å². The minimum atomic E-state index is -4.01. The molecule has 32 heavy (non-hydrogen) atoms. The fourth-order valence-electron chi connectivity index (χ4n) is 2.93. The fourth-order valence-corrected chi connectivity index (χ4v) is 4.48. The number of hydrogen-bond acceptors (Lipinski definition) is 4. The maximum absolute atomic E-state index is 13.3. The van der Waals surface area contributed by atoms with Gasteiger partial charge in [0.2, 0.25) is 11.8 Å². The van der Waals surface area contributed by atoms with Gasteiger partial charge in [0.1, 0.15) is 6.54 Å². The molecular formula is C23H22ClN3O4S. The van der Waals surface area contributed by atoms with Crippen LogP contribution < -0.4 is 14.9 Å². The van der Waals surface area contributed by atoms with Crippen LogP contribution in [0.1, 0.15) is 12.5 Å². The topological polar surface area (TPSA) is 95.6 Å². The average Bonchev–Trinajstić information content (AvgIpc) is 2.74. The summed E-state index contributed by atoms with van der Waals surface area (Å²) >= 11 is 5.95. The molecule has 0 saturated carbocycles. The van der Waals surface area contributed by atoms with E-state index in [-0.39, 0.29) is 10.8 Å².